The number of rotatable bonds is 5. The molecule has 4 heterocycles. The first-order valence-corrected chi connectivity index (χ1v) is 11.6. The number of aryl methyl sites for hydroxylation is 3. The summed E-state index contributed by atoms with van der Waals surface area (Å²) in [7, 11) is 1.85. The van der Waals surface area contributed by atoms with Crippen LogP contribution in [0.5, 0.6) is 0 Å². The first-order chi connectivity index (χ1) is 17.0. The van der Waals surface area contributed by atoms with Gasteiger partial charge in [-0.2, -0.15) is 10.2 Å². The summed E-state index contributed by atoms with van der Waals surface area (Å²) in [5.41, 5.74) is 4.25. The molecular formula is C25H27N7O3. The van der Waals surface area contributed by atoms with Gasteiger partial charge in [0, 0.05) is 43.8 Å². The fourth-order valence-electron chi connectivity index (χ4n) is 4.40. The molecule has 10 heteroatoms. The van der Waals surface area contributed by atoms with E-state index in [-0.39, 0.29) is 11.8 Å². The van der Waals surface area contributed by atoms with Crippen LogP contribution in [0.25, 0.3) is 22.2 Å². The van der Waals surface area contributed by atoms with Gasteiger partial charge >= 0.3 is 0 Å². The van der Waals surface area contributed by atoms with E-state index < -0.39 is 0 Å². The number of nitrogens with zero attached hydrogens (tertiary/aromatic N) is 6. The van der Waals surface area contributed by atoms with Gasteiger partial charge in [-0.3, -0.25) is 19.0 Å². The van der Waals surface area contributed by atoms with Crippen molar-refractivity contribution in [2.24, 2.45) is 7.05 Å². The van der Waals surface area contributed by atoms with Crippen molar-refractivity contribution in [3.8, 4) is 11.3 Å². The number of hydrogen-bond acceptors (Lipinski definition) is 6. The Balaban J connectivity index is 1.54. The molecule has 180 valence electrons. The molecule has 1 fully saturated rings. The van der Waals surface area contributed by atoms with Crippen molar-refractivity contribution in [1.29, 1.82) is 0 Å². The van der Waals surface area contributed by atoms with Gasteiger partial charge in [0.05, 0.1) is 47.6 Å². The number of carbonyl (C=O) groups is 2. The third kappa shape index (κ3) is 4.28. The summed E-state index contributed by atoms with van der Waals surface area (Å²) >= 11 is 0. The second-order valence-electron chi connectivity index (χ2n) is 8.46. The normalized spacial score (nSPS) is 13.9. The summed E-state index contributed by atoms with van der Waals surface area (Å²) in [5, 5.41) is 12.4. The number of fused-ring (bicyclic) bond motifs is 1. The maximum atomic E-state index is 13.6. The van der Waals surface area contributed by atoms with Gasteiger partial charge in [-0.05, 0) is 26.0 Å². The Kier molecular flexibility index (Phi) is 6.04. The molecular weight excluding hydrogens is 446 g/mol. The highest BCUT2D eigenvalue weighted by atomic mass is 16.5. The number of pyridine rings is 1. The number of morpholine rings is 1. The first kappa shape index (κ1) is 22.7. The number of anilines is 1. The molecule has 1 saturated heterocycles. The maximum Gasteiger partial charge on any atom is 0.274 e. The third-order valence-electron chi connectivity index (χ3n) is 6.14. The molecule has 1 aliphatic rings. The van der Waals surface area contributed by atoms with Crippen molar-refractivity contribution in [3.05, 3.63) is 59.7 Å². The molecule has 2 amide bonds. The fraction of sp³-hybridized carbons (Fsp3) is 0.320. The molecule has 0 aliphatic carbocycles. The highest BCUT2D eigenvalue weighted by Gasteiger charge is 2.27. The van der Waals surface area contributed by atoms with Crippen LogP contribution in [-0.4, -0.2) is 67.6 Å². The summed E-state index contributed by atoms with van der Waals surface area (Å²) < 4.78 is 8.72. The van der Waals surface area contributed by atoms with Crippen molar-refractivity contribution in [2.45, 2.75) is 20.4 Å². The topological polar surface area (TPSA) is 107 Å². The highest BCUT2D eigenvalue weighted by Crippen LogP contribution is 2.28. The van der Waals surface area contributed by atoms with E-state index in [9.17, 15) is 9.59 Å². The van der Waals surface area contributed by atoms with Crippen LogP contribution in [0.3, 0.4) is 0 Å². The SMILES string of the molecule is CCn1ncc(NC(=O)c2cc(-c3cn(C)nc3C)nc3ccccc23)c1C(=O)N1CCOCC1. The predicted octanol–water partition coefficient (Wildman–Crippen LogP) is 2.88. The Labute approximate surface area is 202 Å². The molecule has 5 rings (SSSR count). The van der Waals surface area contributed by atoms with Gasteiger partial charge in [0.1, 0.15) is 5.69 Å². The number of aromatic nitrogens is 5. The van der Waals surface area contributed by atoms with Crippen LogP contribution in [0, 0.1) is 6.92 Å². The molecule has 0 atom stereocenters. The molecule has 1 aliphatic heterocycles. The van der Waals surface area contributed by atoms with Crippen LogP contribution in [0.2, 0.25) is 0 Å². The minimum absolute atomic E-state index is 0.172. The Morgan fingerprint density at radius 2 is 1.94 bits per heavy atom. The zero-order valence-corrected chi connectivity index (χ0v) is 20.0. The molecule has 0 bridgehead atoms. The van der Waals surface area contributed by atoms with Crippen LogP contribution >= 0.6 is 0 Å². The van der Waals surface area contributed by atoms with E-state index in [2.05, 4.69) is 15.5 Å². The van der Waals surface area contributed by atoms with E-state index in [1.54, 1.807) is 20.3 Å². The molecule has 0 spiro atoms. The molecule has 0 saturated carbocycles. The summed E-state index contributed by atoms with van der Waals surface area (Å²) in [6.45, 7) is 6.32. The third-order valence-corrected chi connectivity index (χ3v) is 6.14. The second-order valence-corrected chi connectivity index (χ2v) is 8.46. The quantitative estimate of drug-likeness (QED) is 0.478. The number of benzene rings is 1. The number of para-hydroxylation sites is 1. The smallest absolute Gasteiger partial charge is 0.274 e. The number of amides is 2. The summed E-state index contributed by atoms with van der Waals surface area (Å²) in [6.07, 6.45) is 3.42. The number of carbonyl (C=O) groups excluding carboxylic acids is 2. The van der Waals surface area contributed by atoms with Gasteiger partial charge < -0.3 is 15.0 Å². The van der Waals surface area contributed by atoms with E-state index in [1.165, 1.54) is 6.20 Å². The molecule has 0 unspecified atom stereocenters. The first-order valence-electron chi connectivity index (χ1n) is 11.6. The highest BCUT2D eigenvalue weighted by molar-refractivity contribution is 6.14. The average Bonchev–Trinajstić information content (AvgIpc) is 3.44. The zero-order valence-electron chi connectivity index (χ0n) is 20.0. The standard InChI is InChI=1S/C25H27N7O3/c1-4-32-23(25(34)31-9-11-35-12-10-31)22(14-26-32)28-24(33)18-13-21(19-15-30(3)29-16(19)2)27-20-8-6-5-7-17(18)20/h5-8,13-15H,4,9-12H2,1-3H3,(H,28,33). The summed E-state index contributed by atoms with van der Waals surface area (Å²) in [5.74, 6) is -0.507. The Morgan fingerprint density at radius 1 is 1.17 bits per heavy atom. The average molecular weight is 474 g/mol. The fourth-order valence-corrected chi connectivity index (χ4v) is 4.40. The molecule has 4 aromatic rings. The van der Waals surface area contributed by atoms with E-state index in [0.717, 1.165) is 16.6 Å². The van der Waals surface area contributed by atoms with E-state index in [0.29, 0.717) is 61.0 Å². The van der Waals surface area contributed by atoms with Crippen molar-refractivity contribution in [3.63, 3.8) is 0 Å². The van der Waals surface area contributed by atoms with Crippen LogP contribution in [0.15, 0.2) is 42.7 Å². The number of hydrogen-bond donors (Lipinski definition) is 1. The Bertz CT molecular complexity index is 1420. The van der Waals surface area contributed by atoms with E-state index >= 15 is 0 Å². The number of nitrogens with one attached hydrogen (secondary N) is 1. The molecule has 35 heavy (non-hydrogen) atoms. The van der Waals surface area contributed by atoms with Crippen molar-refractivity contribution in [1.82, 2.24) is 29.4 Å². The van der Waals surface area contributed by atoms with Crippen LogP contribution in [0.1, 0.15) is 33.5 Å². The van der Waals surface area contributed by atoms with Gasteiger partial charge in [0.2, 0.25) is 0 Å². The maximum absolute atomic E-state index is 13.6. The van der Waals surface area contributed by atoms with Gasteiger partial charge in [0.15, 0.2) is 0 Å². The van der Waals surface area contributed by atoms with Crippen molar-refractivity contribution < 1.29 is 14.3 Å². The molecule has 1 N–H and O–H groups in total. The number of ether oxygens (including phenoxy) is 1. The van der Waals surface area contributed by atoms with E-state index in [1.807, 2.05) is 51.4 Å². The van der Waals surface area contributed by atoms with Crippen LogP contribution in [0.4, 0.5) is 5.69 Å². The van der Waals surface area contributed by atoms with Gasteiger partial charge in [0.25, 0.3) is 11.8 Å². The van der Waals surface area contributed by atoms with Crippen molar-refractivity contribution >= 4 is 28.4 Å². The molecule has 10 nitrogen and oxygen atoms in total. The minimum atomic E-state index is -0.335. The van der Waals surface area contributed by atoms with Crippen molar-refractivity contribution in [2.75, 3.05) is 31.6 Å². The van der Waals surface area contributed by atoms with E-state index in [4.69, 9.17) is 9.72 Å². The van der Waals surface area contributed by atoms with Crippen LogP contribution < -0.4 is 5.32 Å². The predicted molar refractivity (Wildman–Crippen MR) is 131 cm³/mol. The summed E-state index contributed by atoms with van der Waals surface area (Å²) in [6, 6.07) is 9.28. The lowest BCUT2D eigenvalue weighted by Crippen LogP contribution is -2.41. The van der Waals surface area contributed by atoms with Gasteiger partial charge in [-0.15, -0.1) is 0 Å². The Morgan fingerprint density at radius 3 is 2.66 bits per heavy atom. The van der Waals surface area contributed by atoms with Gasteiger partial charge in [-0.1, -0.05) is 18.2 Å². The van der Waals surface area contributed by atoms with Crippen LogP contribution in [-0.2, 0) is 18.3 Å². The molecule has 1 aromatic carbocycles. The molecule has 0 radical (unpaired) electrons. The zero-order chi connectivity index (χ0) is 24.5. The molecule has 3 aromatic heterocycles. The minimum Gasteiger partial charge on any atom is -0.378 e. The monoisotopic (exact) mass is 473 g/mol. The van der Waals surface area contributed by atoms with Gasteiger partial charge in [-0.25, -0.2) is 4.98 Å². The second kappa shape index (κ2) is 9.30. The largest absolute Gasteiger partial charge is 0.378 e. The Hall–Kier alpha value is -4.05. The lowest BCUT2D eigenvalue weighted by Gasteiger charge is -2.27. The lowest BCUT2D eigenvalue weighted by molar-refractivity contribution is 0.0295. The lowest BCUT2D eigenvalue weighted by atomic mass is 10.0. The summed E-state index contributed by atoms with van der Waals surface area (Å²) in [4.78, 5) is 33.4.